The molecule has 0 aliphatic rings. The number of aromatic nitrogens is 1. The van der Waals surface area contributed by atoms with Gasteiger partial charge in [-0.3, -0.25) is 0 Å². The quantitative estimate of drug-likeness (QED) is 0.826. The van der Waals surface area contributed by atoms with E-state index in [1.54, 1.807) is 6.07 Å². The van der Waals surface area contributed by atoms with Gasteiger partial charge in [0.1, 0.15) is 0 Å². The molecule has 1 N–H and O–H groups in total. The first-order valence-electron chi connectivity index (χ1n) is 7.24. The molecule has 20 heavy (non-hydrogen) atoms. The Kier molecular flexibility index (Phi) is 4.82. The second kappa shape index (κ2) is 6.41. The van der Waals surface area contributed by atoms with Crippen molar-refractivity contribution in [2.24, 2.45) is 0 Å². The van der Waals surface area contributed by atoms with Gasteiger partial charge in [-0.15, -0.1) is 0 Å². The summed E-state index contributed by atoms with van der Waals surface area (Å²) < 4.78 is 2.15. The van der Waals surface area contributed by atoms with E-state index in [0.717, 1.165) is 48.6 Å². The maximum Gasteiger partial charge on any atom is 0.337 e. The van der Waals surface area contributed by atoms with Gasteiger partial charge in [-0.1, -0.05) is 41.6 Å². The minimum Gasteiger partial charge on any atom is -0.478 e. The number of hydrogen-bond donors (Lipinski definition) is 1. The van der Waals surface area contributed by atoms with Crippen molar-refractivity contribution in [3.05, 3.63) is 29.3 Å². The third kappa shape index (κ3) is 2.60. The highest BCUT2D eigenvalue weighted by Crippen LogP contribution is 2.26. The normalized spacial score (nSPS) is 11.2. The fourth-order valence-corrected chi connectivity index (χ4v) is 3.30. The van der Waals surface area contributed by atoms with E-state index in [1.807, 2.05) is 12.1 Å². The van der Waals surface area contributed by atoms with E-state index in [9.17, 15) is 9.90 Å². The molecule has 0 spiro atoms. The highest BCUT2D eigenvalue weighted by molar-refractivity contribution is 7.27. The number of unbranched alkanes of at least 4 members (excludes halogenated alkanes) is 1. The first-order chi connectivity index (χ1) is 9.61. The van der Waals surface area contributed by atoms with Crippen molar-refractivity contribution in [1.82, 2.24) is 4.57 Å². The number of aromatic carboxylic acids is 1. The summed E-state index contributed by atoms with van der Waals surface area (Å²) in [6.07, 6.45) is 4.27. The molecule has 1 atom stereocenters. The summed E-state index contributed by atoms with van der Waals surface area (Å²) in [5.41, 5.74) is 3.70. The maximum atomic E-state index is 11.5. The summed E-state index contributed by atoms with van der Waals surface area (Å²) in [7, 11) is 2.81. The van der Waals surface area contributed by atoms with E-state index in [2.05, 4.69) is 27.7 Å². The topological polar surface area (TPSA) is 42.2 Å². The second-order valence-electron chi connectivity index (χ2n) is 5.13. The molecule has 0 fully saturated rings. The first kappa shape index (κ1) is 15.1. The molecule has 108 valence electrons. The molecule has 0 amide bonds. The fourth-order valence-electron chi connectivity index (χ4n) is 2.74. The number of aryl methyl sites for hydroxylation is 2. The Balaban J connectivity index is 2.72. The number of carboxylic acid groups (broad SMARTS) is 1. The summed E-state index contributed by atoms with van der Waals surface area (Å²) in [4.78, 5) is 11.5. The highest BCUT2D eigenvalue weighted by Gasteiger charge is 2.18. The van der Waals surface area contributed by atoms with E-state index >= 15 is 0 Å². The van der Waals surface area contributed by atoms with Crippen LogP contribution >= 0.6 is 9.24 Å². The first-order valence-corrected chi connectivity index (χ1v) is 7.82. The second-order valence-corrected chi connectivity index (χ2v) is 5.67. The predicted octanol–water partition coefficient (Wildman–Crippen LogP) is 3.59. The van der Waals surface area contributed by atoms with Gasteiger partial charge < -0.3 is 9.67 Å². The Labute approximate surface area is 122 Å². The summed E-state index contributed by atoms with van der Waals surface area (Å²) in [6.45, 7) is 5.15. The molecule has 1 unspecified atom stereocenters. The minimum absolute atomic E-state index is 0.405. The lowest BCUT2D eigenvalue weighted by Crippen LogP contribution is -2.14. The van der Waals surface area contributed by atoms with Crippen molar-refractivity contribution >= 4 is 31.5 Å². The van der Waals surface area contributed by atoms with Crippen LogP contribution in [-0.2, 0) is 13.0 Å². The third-order valence-electron chi connectivity index (χ3n) is 3.69. The molecule has 0 aliphatic carbocycles. The lowest BCUT2D eigenvalue weighted by Gasteiger charge is -2.08. The summed E-state index contributed by atoms with van der Waals surface area (Å²) in [5.74, 6) is -0.850. The summed E-state index contributed by atoms with van der Waals surface area (Å²) in [6, 6.07) is 5.60. The molecule has 3 nitrogen and oxygen atoms in total. The molecular weight excluding hydrogens is 269 g/mol. The van der Waals surface area contributed by atoms with E-state index < -0.39 is 5.97 Å². The van der Waals surface area contributed by atoms with Crippen LogP contribution in [0.2, 0.25) is 0 Å². The molecule has 1 aromatic carbocycles. The molecular formula is C16H22NO2P. The molecule has 0 aliphatic heterocycles. The third-order valence-corrected chi connectivity index (χ3v) is 4.35. The molecule has 0 bridgehead atoms. The molecule has 0 radical (unpaired) electrons. The SMILES string of the molecule is CCCCc1c(P)n(CCC)c2c(C(=O)O)cccc12. The number of benzene rings is 1. The van der Waals surface area contributed by atoms with E-state index in [1.165, 1.54) is 5.56 Å². The zero-order valence-electron chi connectivity index (χ0n) is 12.1. The van der Waals surface area contributed by atoms with Gasteiger partial charge in [0.25, 0.3) is 0 Å². The van der Waals surface area contributed by atoms with Crippen molar-refractivity contribution in [3.8, 4) is 0 Å². The van der Waals surface area contributed by atoms with Crippen molar-refractivity contribution in [3.63, 3.8) is 0 Å². The van der Waals surface area contributed by atoms with Crippen LogP contribution in [0.5, 0.6) is 0 Å². The van der Waals surface area contributed by atoms with Gasteiger partial charge in [-0.05, 0) is 30.9 Å². The van der Waals surface area contributed by atoms with E-state index in [-0.39, 0.29) is 0 Å². The van der Waals surface area contributed by atoms with Crippen molar-refractivity contribution in [2.75, 3.05) is 0 Å². The largest absolute Gasteiger partial charge is 0.478 e. The smallest absolute Gasteiger partial charge is 0.337 e. The maximum absolute atomic E-state index is 11.5. The lowest BCUT2D eigenvalue weighted by atomic mass is 10.0. The van der Waals surface area contributed by atoms with Gasteiger partial charge >= 0.3 is 5.97 Å². The molecule has 0 saturated heterocycles. The standard InChI is InChI=1S/C16H22NO2P/c1-3-5-7-12-11-8-6-9-13(16(18)19)14(11)17(10-4-2)15(12)20/h6,8-9H,3-5,7,10,20H2,1-2H3,(H,18,19). The van der Waals surface area contributed by atoms with Gasteiger partial charge in [0.05, 0.1) is 11.1 Å². The number of carboxylic acids is 1. The number of para-hydroxylation sites is 1. The van der Waals surface area contributed by atoms with E-state index in [0.29, 0.717) is 5.56 Å². The summed E-state index contributed by atoms with van der Waals surface area (Å²) >= 11 is 0. The average molecular weight is 291 g/mol. The fraction of sp³-hybridized carbons (Fsp3) is 0.438. The van der Waals surface area contributed by atoms with Gasteiger partial charge in [-0.2, -0.15) is 0 Å². The average Bonchev–Trinajstić information content (AvgIpc) is 2.70. The van der Waals surface area contributed by atoms with Gasteiger partial charge in [0, 0.05) is 17.4 Å². The van der Waals surface area contributed by atoms with E-state index in [4.69, 9.17) is 0 Å². The van der Waals surface area contributed by atoms with Crippen LogP contribution in [0.3, 0.4) is 0 Å². The lowest BCUT2D eigenvalue weighted by molar-refractivity contribution is 0.0698. The number of nitrogens with zero attached hydrogens (tertiary/aromatic N) is 1. The zero-order chi connectivity index (χ0) is 14.7. The number of carbonyl (C=O) groups is 1. The molecule has 2 aromatic rings. The number of fused-ring (bicyclic) bond motifs is 1. The molecule has 0 saturated carbocycles. The highest BCUT2D eigenvalue weighted by atomic mass is 31.0. The molecule has 1 aromatic heterocycles. The predicted molar refractivity (Wildman–Crippen MR) is 87.1 cm³/mol. The van der Waals surface area contributed by atoms with Crippen LogP contribution in [-0.4, -0.2) is 15.6 Å². The molecule has 4 heteroatoms. The van der Waals surface area contributed by atoms with Crippen molar-refractivity contribution in [2.45, 2.75) is 46.1 Å². The number of hydrogen-bond acceptors (Lipinski definition) is 1. The monoisotopic (exact) mass is 291 g/mol. The Morgan fingerprint density at radius 2 is 2.05 bits per heavy atom. The summed E-state index contributed by atoms with van der Waals surface area (Å²) in [5, 5.41) is 10.5. The van der Waals surface area contributed by atoms with Crippen molar-refractivity contribution < 1.29 is 9.90 Å². The minimum atomic E-state index is -0.850. The Bertz CT molecular complexity index is 631. The van der Waals surface area contributed by atoms with Gasteiger partial charge in [0.15, 0.2) is 0 Å². The van der Waals surface area contributed by atoms with Crippen LogP contribution in [0.25, 0.3) is 10.9 Å². The van der Waals surface area contributed by atoms with Crippen molar-refractivity contribution in [1.29, 1.82) is 0 Å². The van der Waals surface area contributed by atoms with Crippen LogP contribution in [0.15, 0.2) is 18.2 Å². The van der Waals surface area contributed by atoms with Crippen LogP contribution in [0.1, 0.15) is 49.0 Å². The Morgan fingerprint density at radius 1 is 1.30 bits per heavy atom. The van der Waals surface area contributed by atoms with Crippen LogP contribution < -0.4 is 5.44 Å². The number of rotatable bonds is 6. The van der Waals surface area contributed by atoms with Gasteiger partial charge in [0.2, 0.25) is 0 Å². The Hall–Kier alpha value is -1.34. The van der Waals surface area contributed by atoms with Gasteiger partial charge in [-0.25, -0.2) is 4.79 Å². The van der Waals surface area contributed by atoms with Crippen LogP contribution in [0, 0.1) is 0 Å². The zero-order valence-corrected chi connectivity index (χ0v) is 13.3. The van der Waals surface area contributed by atoms with Crippen LogP contribution in [0.4, 0.5) is 0 Å². The molecule has 1 heterocycles. The Morgan fingerprint density at radius 3 is 2.65 bits per heavy atom. The molecule has 2 rings (SSSR count).